The lowest BCUT2D eigenvalue weighted by Crippen LogP contribution is -2.19. The minimum Gasteiger partial charge on any atom is -0.382 e. The minimum atomic E-state index is -0.115. The number of nitrogens with one attached hydrogen (secondary N) is 1. The Morgan fingerprint density at radius 1 is 1.23 bits per heavy atom. The highest BCUT2D eigenvalue weighted by atomic mass is 32.1. The predicted octanol–water partition coefficient (Wildman–Crippen LogP) is 4.43. The standard InChI is InChI=1S/C20H20N4OS/c1-11(2)16(24-13(4)25)8-5-12(3)14-6-7-15-17(9-14)26-19-18(15)22-10-23-20(19)21/h5-10H,1H2,2-4H3,(H,24,25)(H2,21,22,23). The Kier molecular flexibility index (Phi) is 4.86. The molecule has 0 radical (unpaired) electrons. The molecular weight excluding hydrogens is 344 g/mol. The van der Waals surface area contributed by atoms with Crippen molar-refractivity contribution in [1.29, 1.82) is 0 Å². The van der Waals surface area contributed by atoms with Crippen LogP contribution >= 0.6 is 11.3 Å². The molecule has 0 spiro atoms. The number of thiophene rings is 1. The molecular formula is C20H20N4OS. The first-order chi connectivity index (χ1) is 12.4. The Morgan fingerprint density at radius 3 is 2.69 bits per heavy atom. The Labute approximate surface area is 156 Å². The van der Waals surface area contributed by atoms with Crippen molar-refractivity contribution in [1.82, 2.24) is 15.3 Å². The molecule has 26 heavy (non-hydrogen) atoms. The number of benzene rings is 1. The molecule has 0 aliphatic rings. The highest BCUT2D eigenvalue weighted by Gasteiger charge is 2.10. The van der Waals surface area contributed by atoms with E-state index in [1.807, 2.05) is 26.0 Å². The molecule has 3 N–H and O–H groups in total. The molecule has 0 atom stereocenters. The van der Waals surface area contributed by atoms with Crippen LogP contribution in [0, 0.1) is 0 Å². The first kappa shape index (κ1) is 17.8. The molecule has 2 heterocycles. The number of nitrogens with zero attached hydrogens (tertiary/aromatic N) is 2. The first-order valence-electron chi connectivity index (χ1n) is 8.12. The number of allylic oxidation sites excluding steroid dienone is 4. The fourth-order valence-electron chi connectivity index (χ4n) is 2.62. The highest BCUT2D eigenvalue weighted by molar-refractivity contribution is 7.26. The van der Waals surface area contributed by atoms with Crippen LogP contribution in [0.2, 0.25) is 0 Å². The molecule has 6 heteroatoms. The average Bonchev–Trinajstić information content (AvgIpc) is 2.97. The fourth-order valence-corrected chi connectivity index (χ4v) is 3.72. The van der Waals surface area contributed by atoms with E-state index in [1.165, 1.54) is 13.3 Å². The number of rotatable bonds is 4. The summed E-state index contributed by atoms with van der Waals surface area (Å²) in [6.45, 7) is 9.27. The lowest BCUT2D eigenvalue weighted by atomic mass is 10.0. The number of nitrogen functional groups attached to an aromatic ring is 1. The Bertz CT molecular complexity index is 1090. The van der Waals surface area contributed by atoms with Crippen molar-refractivity contribution in [3.63, 3.8) is 0 Å². The van der Waals surface area contributed by atoms with Gasteiger partial charge in [0.15, 0.2) is 0 Å². The van der Waals surface area contributed by atoms with Gasteiger partial charge < -0.3 is 11.1 Å². The number of anilines is 1. The zero-order valence-electron chi connectivity index (χ0n) is 15.0. The van der Waals surface area contributed by atoms with Gasteiger partial charge in [-0.2, -0.15) is 0 Å². The Hall–Kier alpha value is -2.99. The molecule has 3 rings (SSSR count). The van der Waals surface area contributed by atoms with E-state index in [0.29, 0.717) is 11.5 Å². The van der Waals surface area contributed by atoms with Gasteiger partial charge in [-0.05, 0) is 42.7 Å². The van der Waals surface area contributed by atoms with Crippen molar-refractivity contribution in [2.24, 2.45) is 0 Å². The molecule has 0 aliphatic carbocycles. The van der Waals surface area contributed by atoms with Gasteiger partial charge in [0.25, 0.3) is 0 Å². The monoisotopic (exact) mass is 364 g/mol. The number of amides is 1. The summed E-state index contributed by atoms with van der Waals surface area (Å²) in [5.74, 6) is 0.394. The van der Waals surface area contributed by atoms with Gasteiger partial charge in [0, 0.05) is 22.7 Å². The molecule has 0 saturated heterocycles. The second-order valence-electron chi connectivity index (χ2n) is 6.14. The maximum Gasteiger partial charge on any atom is 0.221 e. The number of carbonyl (C=O) groups excluding carboxylic acids is 1. The Morgan fingerprint density at radius 2 is 2.00 bits per heavy atom. The van der Waals surface area contributed by atoms with Gasteiger partial charge in [-0.1, -0.05) is 24.8 Å². The molecule has 0 aliphatic heterocycles. The normalized spacial score (nSPS) is 12.6. The van der Waals surface area contributed by atoms with E-state index >= 15 is 0 Å². The predicted molar refractivity (Wildman–Crippen MR) is 110 cm³/mol. The molecule has 3 aromatic rings. The van der Waals surface area contributed by atoms with Crippen molar-refractivity contribution in [3.05, 3.63) is 60.1 Å². The summed E-state index contributed by atoms with van der Waals surface area (Å²) in [6.07, 6.45) is 5.34. The van der Waals surface area contributed by atoms with Gasteiger partial charge in [-0.15, -0.1) is 11.3 Å². The third-order valence-corrected chi connectivity index (χ3v) is 5.17. The van der Waals surface area contributed by atoms with E-state index in [9.17, 15) is 4.79 Å². The van der Waals surface area contributed by atoms with Gasteiger partial charge in [-0.25, -0.2) is 9.97 Å². The summed E-state index contributed by atoms with van der Waals surface area (Å²) in [5, 5.41) is 3.87. The van der Waals surface area contributed by atoms with Crippen LogP contribution in [0.25, 0.3) is 25.9 Å². The summed E-state index contributed by atoms with van der Waals surface area (Å²) in [5.41, 5.74) is 10.5. The van der Waals surface area contributed by atoms with Crippen LogP contribution in [0.1, 0.15) is 26.3 Å². The summed E-state index contributed by atoms with van der Waals surface area (Å²) in [6, 6.07) is 6.25. The van der Waals surface area contributed by atoms with Gasteiger partial charge >= 0.3 is 0 Å². The van der Waals surface area contributed by atoms with Crippen LogP contribution in [0.5, 0.6) is 0 Å². The number of fused-ring (bicyclic) bond motifs is 3. The maximum absolute atomic E-state index is 11.3. The van der Waals surface area contributed by atoms with Crippen LogP contribution in [0.4, 0.5) is 5.82 Å². The van der Waals surface area contributed by atoms with Crippen LogP contribution < -0.4 is 11.1 Å². The molecule has 1 aromatic carbocycles. The number of hydrogen-bond acceptors (Lipinski definition) is 5. The van der Waals surface area contributed by atoms with Crippen molar-refractivity contribution in [3.8, 4) is 0 Å². The maximum atomic E-state index is 11.3. The fraction of sp³-hybridized carbons (Fsp3) is 0.150. The molecule has 2 aromatic heterocycles. The molecule has 5 nitrogen and oxygen atoms in total. The molecule has 132 valence electrons. The van der Waals surface area contributed by atoms with Crippen LogP contribution in [0.15, 0.2) is 54.5 Å². The number of nitrogens with two attached hydrogens (primary N) is 1. The zero-order valence-corrected chi connectivity index (χ0v) is 15.8. The van der Waals surface area contributed by atoms with E-state index in [-0.39, 0.29) is 5.91 Å². The van der Waals surface area contributed by atoms with E-state index in [1.54, 1.807) is 11.3 Å². The van der Waals surface area contributed by atoms with Gasteiger partial charge in [-0.3, -0.25) is 4.79 Å². The SMILES string of the molecule is C=C(C)C(=CC=C(C)c1ccc2c(c1)sc1c(N)ncnc12)NC(C)=O. The first-order valence-corrected chi connectivity index (χ1v) is 8.93. The molecule has 1 amide bonds. The second-order valence-corrected chi connectivity index (χ2v) is 7.19. The Balaban J connectivity index is 2.01. The largest absolute Gasteiger partial charge is 0.382 e. The summed E-state index contributed by atoms with van der Waals surface area (Å²) in [7, 11) is 0. The van der Waals surface area contributed by atoms with Crippen LogP contribution in [0.3, 0.4) is 0 Å². The van der Waals surface area contributed by atoms with E-state index < -0.39 is 0 Å². The number of aromatic nitrogens is 2. The number of carbonyl (C=O) groups is 1. The topological polar surface area (TPSA) is 80.9 Å². The quantitative estimate of drug-likeness (QED) is 0.671. The van der Waals surface area contributed by atoms with Crippen molar-refractivity contribution < 1.29 is 4.79 Å². The van der Waals surface area contributed by atoms with Gasteiger partial charge in [0.1, 0.15) is 12.1 Å². The average molecular weight is 364 g/mol. The van der Waals surface area contributed by atoms with Crippen LogP contribution in [-0.2, 0) is 4.79 Å². The second kappa shape index (κ2) is 7.09. The third-order valence-electron chi connectivity index (χ3n) is 4.01. The summed E-state index contributed by atoms with van der Waals surface area (Å²) < 4.78 is 2.03. The highest BCUT2D eigenvalue weighted by Crippen LogP contribution is 2.36. The minimum absolute atomic E-state index is 0.115. The van der Waals surface area contributed by atoms with Gasteiger partial charge in [0.2, 0.25) is 5.91 Å². The smallest absolute Gasteiger partial charge is 0.221 e. The van der Waals surface area contributed by atoms with Gasteiger partial charge in [0.05, 0.1) is 10.2 Å². The molecule has 0 saturated carbocycles. The van der Waals surface area contributed by atoms with E-state index in [2.05, 4.69) is 40.1 Å². The zero-order chi connectivity index (χ0) is 18.8. The summed E-state index contributed by atoms with van der Waals surface area (Å²) >= 11 is 1.59. The van der Waals surface area contributed by atoms with Crippen LogP contribution in [-0.4, -0.2) is 15.9 Å². The van der Waals surface area contributed by atoms with E-state index in [0.717, 1.165) is 37.0 Å². The summed E-state index contributed by atoms with van der Waals surface area (Å²) in [4.78, 5) is 19.7. The molecule has 0 bridgehead atoms. The van der Waals surface area contributed by atoms with Crippen molar-refractivity contribution >= 4 is 48.9 Å². The molecule has 0 unspecified atom stereocenters. The van der Waals surface area contributed by atoms with Crippen molar-refractivity contribution in [2.45, 2.75) is 20.8 Å². The third kappa shape index (κ3) is 3.50. The van der Waals surface area contributed by atoms with Crippen molar-refractivity contribution in [2.75, 3.05) is 5.73 Å². The lowest BCUT2D eigenvalue weighted by Gasteiger charge is -2.07. The molecule has 0 fully saturated rings. The number of hydrogen-bond donors (Lipinski definition) is 2. The van der Waals surface area contributed by atoms with E-state index in [4.69, 9.17) is 5.73 Å². The lowest BCUT2D eigenvalue weighted by molar-refractivity contribution is -0.118.